The lowest BCUT2D eigenvalue weighted by atomic mass is 10.2. The van der Waals surface area contributed by atoms with Crippen LogP contribution in [0.1, 0.15) is 13.3 Å². The highest BCUT2D eigenvalue weighted by molar-refractivity contribution is 6.00. The van der Waals surface area contributed by atoms with Crippen molar-refractivity contribution in [2.75, 3.05) is 0 Å². The average molecular weight is 125 g/mol. The van der Waals surface area contributed by atoms with Crippen LogP contribution in [0.3, 0.4) is 0 Å². The largest absolute Gasteiger partial charge is 0.511 e. The summed E-state index contributed by atoms with van der Waals surface area (Å²) in [5, 5.41) is 8.92. The van der Waals surface area contributed by atoms with E-state index in [0.29, 0.717) is 12.0 Å². The van der Waals surface area contributed by atoms with Gasteiger partial charge in [-0.1, -0.05) is 0 Å². The Bertz CT molecular complexity index is 203. The second-order valence-corrected chi connectivity index (χ2v) is 1.89. The maximum Gasteiger partial charge on any atom is 0.275 e. The van der Waals surface area contributed by atoms with Crippen LogP contribution >= 0.6 is 0 Å². The molecule has 3 heteroatoms. The molecule has 1 rings (SSSR count). The number of allylic oxidation sites excluding steroid dienone is 1. The summed E-state index contributed by atoms with van der Waals surface area (Å²) in [7, 11) is 0. The third-order valence-corrected chi connectivity index (χ3v) is 1.25. The molecule has 0 aromatic carbocycles. The Morgan fingerprint density at radius 2 is 2.44 bits per heavy atom. The second-order valence-electron chi connectivity index (χ2n) is 1.89. The van der Waals surface area contributed by atoms with E-state index in [1.54, 1.807) is 6.92 Å². The number of carbonyl (C=O) groups is 1. The molecule has 1 aliphatic heterocycles. The number of aliphatic imine (C=N–C) groups is 1. The van der Waals surface area contributed by atoms with Gasteiger partial charge in [0.2, 0.25) is 0 Å². The van der Waals surface area contributed by atoms with Crippen molar-refractivity contribution >= 4 is 12.1 Å². The van der Waals surface area contributed by atoms with Gasteiger partial charge in [0.25, 0.3) is 5.91 Å². The van der Waals surface area contributed by atoms with Crippen molar-refractivity contribution in [3.63, 3.8) is 0 Å². The predicted octanol–water partition coefficient (Wildman–Crippen LogP) is 0.820. The average Bonchev–Trinajstić information content (AvgIpc) is 1.83. The van der Waals surface area contributed by atoms with Crippen molar-refractivity contribution in [3.05, 3.63) is 11.3 Å². The lowest BCUT2D eigenvalue weighted by Crippen LogP contribution is -2.05. The van der Waals surface area contributed by atoms with Crippen LogP contribution < -0.4 is 0 Å². The van der Waals surface area contributed by atoms with E-state index < -0.39 is 0 Å². The topological polar surface area (TPSA) is 49.7 Å². The summed E-state index contributed by atoms with van der Waals surface area (Å²) < 4.78 is 0. The van der Waals surface area contributed by atoms with Gasteiger partial charge >= 0.3 is 0 Å². The molecule has 0 atom stereocenters. The smallest absolute Gasteiger partial charge is 0.275 e. The minimum atomic E-state index is -0.334. The van der Waals surface area contributed by atoms with Gasteiger partial charge in [-0.25, -0.2) is 4.99 Å². The molecular weight excluding hydrogens is 118 g/mol. The first kappa shape index (κ1) is 6.01. The maximum atomic E-state index is 10.6. The number of hydrogen-bond donors (Lipinski definition) is 1. The third-order valence-electron chi connectivity index (χ3n) is 1.25. The highest BCUT2D eigenvalue weighted by atomic mass is 16.3. The Morgan fingerprint density at radius 1 is 1.78 bits per heavy atom. The molecule has 1 N–H and O–H groups in total. The van der Waals surface area contributed by atoms with Crippen molar-refractivity contribution < 1.29 is 9.90 Å². The number of aliphatic hydroxyl groups is 1. The standard InChI is InChI=1S/C6H7NO2/c1-4-5(8)2-3-7-6(4)9/h3,8H,2H2,1H3. The van der Waals surface area contributed by atoms with Gasteiger partial charge < -0.3 is 5.11 Å². The van der Waals surface area contributed by atoms with E-state index in [4.69, 9.17) is 5.11 Å². The monoisotopic (exact) mass is 125 g/mol. The fourth-order valence-electron chi connectivity index (χ4n) is 0.588. The molecule has 0 saturated carbocycles. The van der Waals surface area contributed by atoms with Crippen molar-refractivity contribution in [1.29, 1.82) is 0 Å². The van der Waals surface area contributed by atoms with Gasteiger partial charge in [-0.2, -0.15) is 0 Å². The zero-order chi connectivity index (χ0) is 6.85. The number of hydrogen-bond acceptors (Lipinski definition) is 2. The molecular formula is C6H7NO2. The summed E-state index contributed by atoms with van der Waals surface area (Å²) in [6.45, 7) is 1.56. The summed E-state index contributed by atoms with van der Waals surface area (Å²) in [4.78, 5) is 14.1. The van der Waals surface area contributed by atoms with Crippen LogP contribution in [0.5, 0.6) is 0 Å². The van der Waals surface area contributed by atoms with E-state index in [2.05, 4.69) is 4.99 Å². The summed E-state index contributed by atoms with van der Waals surface area (Å²) in [6.07, 6.45) is 1.79. The first-order valence-corrected chi connectivity index (χ1v) is 2.67. The summed E-state index contributed by atoms with van der Waals surface area (Å²) in [6, 6.07) is 0. The number of amides is 1. The molecule has 1 amide bonds. The Hall–Kier alpha value is -1.12. The second kappa shape index (κ2) is 2.01. The molecule has 0 aliphatic carbocycles. The first-order valence-electron chi connectivity index (χ1n) is 2.67. The van der Waals surface area contributed by atoms with Gasteiger partial charge in [0.15, 0.2) is 0 Å². The van der Waals surface area contributed by atoms with Gasteiger partial charge in [-0.05, 0) is 6.92 Å². The molecule has 48 valence electrons. The van der Waals surface area contributed by atoms with Gasteiger partial charge in [0.05, 0.1) is 5.57 Å². The molecule has 0 aromatic rings. The summed E-state index contributed by atoms with van der Waals surface area (Å²) in [5.41, 5.74) is 0.359. The van der Waals surface area contributed by atoms with E-state index >= 15 is 0 Å². The normalized spacial score (nSPS) is 19.0. The lowest BCUT2D eigenvalue weighted by molar-refractivity contribution is -0.114. The molecule has 0 saturated heterocycles. The number of aliphatic hydroxyl groups excluding tert-OH is 1. The predicted molar refractivity (Wildman–Crippen MR) is 33.4 cm³/mol. The quantitative estimate of drug-likeness (QED) is 0.521. The first-order chi connectivity index (χ1) is 4.22. The molecule has 0 radical (unpaired) electrons. The zero-order valence-electron chi connectivity index (χ0n) is 5.09. The number of dihydropyridines is 1. The van der Waals surface area contributed by atoms with Crippen LogP contribution in [-0.2, 0) is 4.79 Å². The van der Waals surface area contributed by atoms with Crippen LogP contribution in [-0.4, -0.2) is 17.2 Å². The zero-order valence-corrected chi connectivity index (χ0v) is 5.09. The van der Waals surface area contributed by atoms with Gasteiger partial charge in [-0.3, -0.25) is 4.79 Å². The molecule has 9 heavy (non-hydrogen) atoms. The number of nitrogens with zero attached hydrogens (tertiary/aromatic N) is 1. The minimum Gasteiger partial charge on any atom is -0.511 e. The highest BCUT2D eigenvalue weighted by Gasteiger charge is 2.11. The maximum absolute atomic E-state index is 10.6. The Morgan fingerprint density at radius 3 is 2.89 bits per heavy atom. The minimum absolute atomic E-state index is 0.134. The molecule has 3 nitrogen and oxygen atoms in total. The molecule has 1 aliphatic rings. The van der Waals surface area contributed by atoms with Crippen molar-refractivity contribution in [2.45, 2.75) is 13.3 Å². The molecule has 0 unspecified atom stereocenters. The molecule has 0 bridgehead atoms. The van der Waals surface area contributed by atoms with Crippen LogP contribution in [0.15, 0.2) is 16.3 Å². The number of rotatable bonds is 0. The molecule has 0 aromatic heterocycles. The Labute approximate surface area is 52.7 Å². The van der Waals surface area contributed by atoms with Crippen LogP contribution in [0.2, 0.25) is 0 Å². The van der Waals surface area contributed by atoms with E-state index in [0.717, 1.165) is 0 Å². The Balaban J connectivity index is 2.92. The fraction of sp³-hybridized carbons (Fsp3) is 0.333. The van der Waals surface area contributed by atoms with E-state index in [-0.39, 0.29) is 11.7 Å². The van der Waals surface area contributed by atoms with Gasteiger partial charge in [0.1, 0.15) is 5.76 Å². The molecule has 1 heterocycles. The fourth-order valence-corrected chi connectivity index (χ4v) is 0.588. The highest BCUT2D eigenvalue weighted by Crippen LogP contribution is 2.09. The van der Waals surface area contributed by atoms with Gasteiger partial charge in [-0.15, -0.1) is 0 Å². The van der Waals surface area contributed by atoms with Crippen LogP contribution in [0.25, 0.3) is 0 Å². The van der Waals surface area contributed by atoms with Crippen LogP contribution in [0, 0.1) is 0 Å². The van der Waals surface area contributed by atoms with Crippen LogP contribution in [0.4, 0.5) is 0 Å². The van der Waals surface area contributed by atoms with E-state index in [1.807, 2.05) is 0 Å². The SMILES string of the molecule is CC1=C(O)CC=NC1=O. The number of carbonyl (C=O) groups excluding carboxylic acids is 1. The van der Waals surface area contributed by atoms with Crippen molar-refractivity contribution in [3.8, 4) is 0 Å². The van der Waals surface area contributed by atoms with Gasteiger partial charge in [0, 0.05) is 12.6 Å². The van der Waals surface area contributed by atoms with E-state index in [1.165, 1.54) is 6.21 Å². The van der Waals surface area contributed by atoms with Crippen molar-refractivity contribution in [2.24, 2.45) is 4.99 Å². The van der Waals surface area contributed by atoms with E-state index in [9.17, 15) is 4.79 Å². The summed E-state index contributed by atoms with van der Waals surface area (Å²) in [5.74, 6) is -0.200. The Kier molecular flexibility index (Phi) is 1.34. The molecule has 0 spiro atoms. The third kappa shape index (κ3) is 0.988. The molecule has 0 fully saturated rings. The summed E-state index contributed by atoms with van der Waals surface area (Å²) >= 11 is 0. The lowest BCUT2D eigenvalue weighted by Gasteiger charge is -2.03. The van der Waals surface area contributed by atoms with Crippen molar-refractivity contribution in [1.82, 2.24) is 0 Å².